The van der Waals surface area contributed by atoms with E-state index in [1.807, 2.05) is 6.92 Å². The highest BCUT2D eigenvalue weighted by Gasteiger charge is 2.29. The number of aromatic nitrogens is 3. The highest BCUT2D eigenvalue weighted by molar-refractivity contribution is 7.99. The SMILES string of the molecule is CCOC(=O)c1cc(CC)sc1NC(=O)CSc1n[nH]c(=O)n1C1CC1. The molecule has 26 heavy (non-hydrogen) atoms. The number of carbonyl (C=O) groups is 2. The van der Waals surface area contributed by atoms with Gasteiger partial charge >= 0.3 is 11.7 Å². The monoisotopic (exact) mass is 396 g/mol. The molecule has 1 fully saturated rings. The van der Waals surface area contributed by atoms with Crippen LogP contribution < -0.4 is 11.0 Å². The molecule has 3 rings (SSSR count). The van der Waals surface area contributed by atoms with Crippen LogP contribution in [-0.4, -0.2) is 39.0 Å². The molecule has 0 saturated heterocycles. The molecule has 0 aliphatic heterocycles. The van der Waals surface area contributed by atoms with Crippen molar-refractivity contribution in [2.75, 3.05) is 17.7 Å². The number of aromatic amines is 1. The number of anilines is 1. The van der Waals surface area contributed by atoms with E-state index in [2.05, 4.69) is 15.5 Å². The Kier molecular flexibility index (Phi) is 5.82. The predicted molar refractivity (Wildman–Crippen MR) is 100 cm³/mol. The highest BCUT2D eigenvalue weighted by Crippen LogP contribution is 2.36. The zero-order valence-electron chi connectivity index (χ0n) is 14.5. The Bertz CT molecular complexity index is 866. The maximum Gasteiger partial charge on any atom is 0.344 e. The molecule has 0 spiro atoms. The topological polar surface area (TPSA) is 106 Å². The van der Waals surface area contributed by atoms with E-state index in [1.165, 1.54) is 23.1 Å². The summed E-state index contributed by atoms with van der Waals surface area (Å²) in [7, 11) is 0. The van der Waals surface area contributed by atoms with Crippen LogP contribution in [0.3, 0.4) is 0 Å². The van der Waals surface area contributed by atoms with E-state index in [1.54, 1.807) is 17.6 Å². The molecular formula is C16H20N4O4S2. The average Bonchev–Trinajstić information content (AvgIpc) is 3.26. The number of nitrogens with zero attached hydrogens (tertiary/aromatic N) is 2. The van der Waals surface area contributed by atoms with E-state index in [-0.39, 0.29) is 30.0 Å². The molecule has 1 amide bonds. The Hall–Kier alpha value is -2.07. The fraction of sp³-hybridized carbons (Fsp3) is 0.500. The highest BCUT2D eigenvalue weighted by atomic mass is 32.2. The van der Waals surface area contributed by atoms with Crippen LogP contribution in [0.25, 0.3) is 0 Å². The third kappa shape index (κ3) is 4.18. The van der Waals surface area contributed by atoms with Crippen LogP contribution in [0.5, 0.6) is 0 Å². The molecule has 2 N–H and O–H groups in total. The Morgan fingerprint density at radius 1 is 1.46 bits per heavy atom. The number of rotatable bonds is 8. The van der Waals surface area contributed by atoms with Crippen molar-refractivity contribution in [3.63, 3.8) is 0 Å². The molecule has 0 radical (unpaired) electrons. The number of H-pyrrole nitrogens is 1. The molecule has 10 heteroatoms. The molecule has 1 aliphatic rings. The third-order valence-electron chi connectivity index (χ3n) is 3.80. The first-order chi connectivity index (χ1) is 12.5. The van der Waals surface area contributed by atoms with Crippen molar-refractivity contribution in [1.29, 1.82) is 0 Å². The first-order valence-electron chi connectivity index (χ1n) is 8.42. The van der Waals surface area contributed by atoms with Crippen LogP contribution in [0.1, 0.15) is 48.0 Å². The van der Waals surface area contributed by atoms with Gasteiger partial charge in [-0.05, 0) is 32.3 Å². The van der Waals surface area contributed by atoms with Crippen LogP contribution in [0.2, 0.25) is 0 Å². The van der Waals surface area contributed by atoms with Crippen LogP contribution in [0, 0.1) is 0 Å². The zero-order chi connectivity index (χ0) is 18.7. The second-order valence-electron chi connectivity index (χ2n) is 5.78. The summed E-state index contributed by atoms with van der Waals surface area (Å²) in [4.78, 5) is 37.1. The van der Waals surface area contributed by atoms with Gasteiger partial charge < -0.3 is 10.1 Å². The van der Waals surface area contributed by atoms with Crippen molar-refractivity contribution < 1.29 is 14.3 Å². The van der Waals surface area contributed by atoms with Gasteiger partial charge in [0.25, 0.3) is 0 Å². The lowest BCUT2D eigenvalue weighted by Crippen LogP contribution is -2.18. The van der Waals surface area contributed by atoms with Crippen LogP contribution >= 0.6 is 23.1 Å². The number of ether oxygens (including phenoxy) is 1. The standard InChI is InChI=1S/C16H20N4O4S2/c1-3-10-7-11(14(22)24-4-2)13(26-10)17-12(21)8-25-16-19-18-15(23)20(16)9-5-6-9/h7,9H,3-6,8H2,1-2H3,(H,17,21)(H,18,23). The van der Waals surface area contributed by atoms with Crippen LogP contribution in [-0.2, 0) is 16.0 Å². The number of hydrogen-bond donors (Lipinski definition) is 2. The third-order valence-corrected chi connectivity index (χ3v) is 5.94. The minimum atomic E-state index is -0.443. The van der Waals surface area contributed by atoms with Gasteiger partial charge in [0.2, 0.25) is 5.91 Å². The first kappa shape index (κ1) is 18.7. The maximum absolute atomic E-state index is 12.3. The normalized spacial score (nSPS) is 13.6. The van der Waals surface area contributed by atoms with Crippen molar-refractivity contribution in [2.24, 2.45) is 0 Å². The van der Waals surface area contributed by atoms with Crippen LogP contribution in [0.4, 0.5) is 5.00 Å². The molecule has 0 aromatic carbocycles. The molecule has 0 atom stereocenters. The number of thioether (sulfide) groups is 1. The fourth-order valence-corrected chi connectivity index (χ4v) is 4.22. The summed E-state index contributed by atoms with van der Waals surface area (Å²) < 4.78 is 6.65. The first-order valence-corrected chi connectivity index (χ1v) is 10.2. The molecule has 1 aliphatic carbocycles. The summed E-state index contributed by atoms with van der Waals surface area (Å²) in [5.41, 5.74) is 0.132. The lowest BCUT2D eigenvalue weighted by Gasteiger charge is -2.06. The minimum Gasteiger partial charge on any atom is -0.462 e. The minimum absolute atomic E-state index is 0.0959. The molecule has 1 saturated carbocycles. The molecule has 0 unspecified atom stereocenters. The van der Waals surface area contributed by atoms with Crippen molar-refractivity contribution in [2.45, 2.75) is 44.3 Å². The summed E-state index contributed by atoms with van der Waals surface area (Å²) >= 11 is 2.56. The Balaban J connectivity index is 1.66. The second-order valence-corrected chi connectivity index (χ2v) is 7.86. The fourth-order valence-electron chi connectivity index (χ4n) is 2.41. The Labute approximate surface area is 158 Å². The van der Waals surface area contributed by atoms with E-state index in [0.29, 0.717) is 15.7 Å². The van der Waals surface area contributed by atoms with Gasteiger partial charge in [-0.1, -0.05) is 18.7 Å². The number of nitrogens with one attached hydrogen (secondary N) is 2. The van der Waals surface area contributed by atoms with E-state index in [0.717, 1.165) is 24.1 Å². The molecule has 0 bridgehead atoms. The number of aryl methyl sites for hydroxylation is 1. The largest absolute Gasteiger partial charge is 0.462 e. The van der Waals surface area contributed by atoms with Crippen LogP contribution in [0.15, 0.2) is 16.0 Å². The number of esters is 1. The maximum atomic E-state index is 12.3. The van der Waals surface area contributed by atoms with Gasteiger partial charge in [-0.15, -0.1) is 16.4 Å². The van der Waals surface area contributed by atoms with Gasteiger partial charge in [0.05, 0.1) is 17.9 Å². The predicted octanol–water partition coefficient (Wildman–Crippen LogP) is 2.44. The number of carbonyl (C=O) groups excluding carboxylic acids is 2. The average molecular weight is 396 g/mol. The second kappa shape index (κ2) is 8.09. The summed E-state index contributed by atoms with van der Waals surface area (Å²) in [5.74, 6) is -0.609. The van der Waals surface area contributed by atoms with Gasteiger partial charge in [0, 0.05) is 10.9 Å². The number of thiophene rings is 1. The van der Waals surface area contributed by atoms with Crippen molar-refractivity contribution in [3.8, 4) is 0 Å². The van der Waals surface area contributed by atoms with E-state index < -0.39 is 5.97 Å². The van der Waals surface area contributed by atoms with E-state index in [4.69, 9.17) is 4.74 Å². The molecule has 2 heterocycles. The summed E-state index contributed by atoms with van der Waals surface area (Å²) in [6, 6.07) is 1.94. The van der Waals surface area contributed by atoms with Gasteiger partial charge in [0.1, 0.15) is 5.00 Å². The molecule has 2 aromatic rings. The molecule has 140 valence electrons. The molecule has 8 nitrogen and oxygen atoms in total. The Morgan fingerprint density at radius 3 is 2.88 bits per heavy atom. The van der Waals surface area contributed by atoms with E-state index >= 15 is 0 Å². The lowest BCUT2D eigenvalue weighted by atomic mass is 10.2. The zero-order valence-corrected chi connectivity index (χ0v) is 16.2. The summed E-state index contributed by atoms with van der Waals surface area (Å²) in [6.07, 6.45) is 2.68. The van der Waals surface area contributed by atoms with Gasteiger partial charge in [-0.25, -0.2) is 14.7 Å². The number of hydrogen-bond acceptors (Lipinski definition) is 7. The van der Waals surface area contributed by atoms with Gasteiger partial charge in [-0.2, -0.15) is 0 Å². The van der Waals surface area contributed by atoms with E-state index in [9.17, 15) is 14.4 Å². The van der Waals surface area contributed by atoms with Gasteiger partial charge in [-0.3, -0.25) is 9.36 Å². The quantitative estimate of drug-likeness (QED) is 0.524. The van der Waals surface area contributed by atoms with Crippen molar-refractivity contribution in [1.82, 2.24) is 14.8 Å². The van der Waals surface area contributed by atoms with Crippen molar-refractivity contribution in [3.05, 3.63) is 27.0 Å². The Morgan fingerprint density at radius 2 is 2.23 bits per heavy atom. The van der Waals surface area contributed by atoms with Crippen molar-refractivity contribution >= 4 is 40.0 Å². The summed E-state index contributed by atoms with van der Waals surface area (Å²) in [6.45, 7) is 4.00. The molecular weight excluding hydrogens is 376 g/mol. The molecule has 2 aromatic heterocycles. The lowest BCUT2D eigenvalue weighted by molar-refractivity contribution is -0.113. The van der Waals surface area contributed by atoms with Gasteiger partial charge in [0.15, 0.2) is 5.16 Å². The smallest absolute Gasteiger partial charge is 0.344 e. The summed E-state index contributed by atoms with van der Waals surface area (Å²) in [5, 5.41) is 10.2. The number of amides is 1.